The number of rotatable bonds is 6. The summed E-state index contributed by atoms with van der Waals surface area (Å²) in [5, 5.41) is 0. The summed E-state index contributed by atoms with van der Waals surface area (Å²) in [5.41, 5.74) is -2.50. The average Bonchev–Trinajstić information content (AvgIpc) is 3.09. The molecule has 0 amide bonds. The molecular weight excluding hydrogens is 359 g/mol. The molecule has 0 heterocycles. The van der Waals surface area contributed by atoms with Crippen molar-refractivity contribution in [2.45, 2.75) is 34.0 Å². The van der Waals surface area contributed by atoms with Gasteiger partial charge >= 0.3 is 5.97 Å². The Balaban J connectivity index is 2.18. The van der Waals surface area contributed by atoms with Crippen molar-refractivity contribution in [2.24, 2.45) is 17.3 Å². The van der Waals surface area contributed by atoms with Crippen molar-refractivity contribution in [1.82, 2.24) is 0 Å². The van der Waals surface area contributed by atoms with E-state index in [1.807, 2.05) is 0 Å². The van der Waals surface area contributed by atoms with Crippen molar-refractivity contribution < 1.29 is 36.2 Å². The van der Waals surface area contributed by atoms with E-state index >= 15 is 0 Å². The normalized spacial score (nSPS) is 21.7. The Labute approximate surface area is 147 Å². The van der Waals surface area contributed by atoms with Gasteiger partial charge in [-0.15, -0.1) is 0 Å². The van der Waals surface area contributed by atoms with E-state index < -0.39 is 76.7 Å². The van der Waals surface area contributed by atoms with Crippen LogP contribution in [-0.4, -0.2) is 13.1 Å². The highest BCUT2D eigenvalue weighted by molar-refractivity contribution is 5.78. The number of hydrogen-bond acceptors (Lipinski definition) is 3. The third-order valence-corrected chi connectivity index (χ3v) is 4.67. The van der Waals surface area contributed by atoms with Crippen molar-refractivity contribution >= 4 is 5.97 Å². The van der Waals surface area contributed by atoms with Crippen LogP contribution in [0.25, 0.3) is 0 Å². The molecule has 1 aromatic carbocycles. The molecule has 1 fully saturated rings. The Morgan fingerprint density at radius 3 is 1.92 bits per heavy atom. The fourth-order valence-corrected chi connectivity index (χ4v) is 3.04. The van der Waals surface area contributed by atoms with Crippen LogP contribution in [0.5, 0.6) is 0 Å². The van der Waals surface area contributed by atoms with Gasteiger partial charge in [-0.2, -0.15) is 0 Å². The van der Waals surface area contributed by atoms with Crippen LogP contribution in [0.2, 0.25) is 0 Å². The molecule has 0 bridgehead atoms. The minimum atomic E-state index is -1.64. The van der Waals surface area contributed by atoms with Gasteiger partial charge in [0.15, 0.2) is 23.3 Å². The second kappa shape index (κ2) is 7.34. The predicted molar refractivity (Wildman–Crippen MR) is 82.4 cm³/mol. The number of carbonyl (C=O) groups is 1. The molecule has 3 nitrogen and oxygen atoms in total. The first-order valence-electron chi connectivity index (χ1n) is 7.87. The van der Waals surface area contributed by atoms with E-state index in [2.05, 4.69) is 4.74 Å². The second-order valence-electron chi connectivity index (χ2n) is 6.83. The molecular formula is C18H19F5O3. The summed E-state index contributed by atoms with van der Waals surface area (Å²) in [6, 6.07) is 0. The number of benzene rings is 1. The average molecular weight is 378 g/mol. The quantitative estimate of drug-likeness (QED) is 0.413. The first-order valence-corrected chi connectivity index (χ1v) is 7.87. The van der Waals surface area contributed by atoms with Gasteiger partial charge in [0.05, 0.1) is 29.5 Å². The molecule has 2 rings (SSSR count). The third-order valence-electron chi connectivity index (χ3n) is 4.67. The van der Waals surface area contributed by atoms with Crippen molar-refractivity contribution in [3.05, 3.63) is 46.3 Å². The number of ether oxygens (including phenoxy) is 2. The van der Waals surface area contributed by atoms with Crippen molar-refractivity contribution in [3.8, 4) is 0 Å². The van der Waals surface area contributed by atoms with E-state index in [0.29, 0.717) is 0 Å². The monoisotopic (exact) mass is 378 g/mol. The van der Waals surface area contributed by atoms with Crippen LogP contribution in [0.1, 0.15) is 31.9 Å². The van der Waals surface area contributed by atoms with E-state index in [1.165, 1.54) is 13.0 Å². The highest BCUT2D eigenvalue weighted by atomic mass is 19.2. The van der Waals surface area contributed by atoms with Crippen LogP contribution in [-0.2, 0) is 27.5 Å². The molecule has 144 valence electrons. The summed E-state index contributed by atoms with van der Waals surface area (Å²) >= 11 is 0. The highest BCUT2D eigenvalue weighted by Gasteiger charge is 2.61. The Kier molecular flexibility index (Phi) is 5.75. The smallest absolute Gasteiger partial charge is 0.310 e. The fraction of sp³-hybridized carbons (Fsp3) is 0.500. The van der Waals surface area contributed by atoms with Gasteiger partial charge in [0, 0.05) is 7.11 Å². The zero-order valence-corrected chi connectivity index (χ0v) is 14.8. The molecule has 1 aliphatic carbocycles. The molecule has 2 atom stereocenters. The van der Waals surface area contributed by atoms with Crippen molar-refractivity contribution in [1.29, 1.82) is 0 Å². The van der Waals surface area contributed by atoms with E-state index in [4.69, 9.17) is 4.74 Å². The molecule has 1 aromatic rings. The minimum Gasteiger partial charge on any atom is -0.460 e. The maximum atomic E-state index is 14.0. The first kappa shape index (κ1) is 20.4. The minimum absolute atomic E-state index is 0.424. The van der Waals surface area contributed by atoms with Crippen LogP contribution in [0.15, 0.2) is 11.9 Å². The van der Waals surface area contributed by atoms with Gasteiger partial charge < -0.3 is 9.47 Å². The molecule has 0 aromatic heterocycles. The molecule has 8 heteroatoms. The van der Waals surface area contributed by atoms with Gasteiger partial charge in [-0.05, 0) is 24.3 Å². The molecule has 0 unspecified atom stereocenters. The van der Waals surface area contributed by atoms with Crippen LogP contribution >= 0.6 is 0 Å². The molecule has 1 saturated carbocycles. The summed E-state index contributed by atoms with van der Waals surface area (Å²) in [5.74, 6) is -8.90. The predicted octanol–water partition coefficient (Wildman–Crippen LogP) is 4.58. The van der Waals surface area contributed by atoms with Gasteiger partial charge in [0.2, 0.25) is 0 Å². The van der Waals surface area contributed by atoms with E-state index in [1.54, 1.807) is 13.8 Å². The second-order valence-corrected chi connectivity index (χ2v) is 6.83. The van der Waals surface area contributed by atoms with E-state index in [-0.39, 0.29) is 0 Å². The Hall–Kier alpha value is -1.96. The lowest BCUT2D eigenvalue weighted by molar-refractivity contribution is -0.147. The lowest BCUT2D eigenvalue weighted by Gasteiger charge is -2.12. The summed E-state index contributed by atoms with van der Waals surface area (Å²) in [4.78, 5) is 12.1. The highest BCUT2D eigenvalue weighted by Crippen LogP contribution is 2.60. The Morgan fingerprint density at radius 2 is 1.50 bits per heavy atom. The lowest BCUT2D eigenvalue weighted by Crippen LogP contribution is -2.15. The lowest BCUT2D eigenvalue weighted by atomic mass is 10.1. The van der Waals surface area contributed by atoms with Crippen LogP contribution in [0, 0.1) is 40.5 Å². The SMILES string of the molecule is COCc1c(F)c(F)c(COC(=O)[C@@H]2[C@@H](C=C(C)F)C2(C)C)c(F)c1F. The van der Waals surface area contributed by atoms with Crippen molar-refractivity contribution in [2.75, 3.05) is 7.11 Å². The summed E-state index contributed by atoms with van der Waals surface area (Å²) < 4.78 is 78.1. The largest absolute Gasteiger partial charge is 0.460 e. The van der Waals surface area contributed by atoms with Crippen LogP contribution in [0.3, 0.4) is 0 Å². The van der Waals surface area contributed by atoms with Crippen LogP contribution < -0.4 is 0 Å². The fourth-order valence-electron chi connectivity index (χ4n) is 3.04. The summed E-state index contributed by atoms with van der Waals surface area (Å²) in [7, 11) is 1.12. The van der Waals surface area contributed by atoms with Gasteiger partial charge in [-0.1, -0.05) is 13.8 Å². The zero-order chi connectivity index (χ0) is 19.8. The van der Waals surface area contributed by atoms with Gasteiger partial charge in [0.25, 0.3) is 0 Å². The number of halogens is 5. The maximum Gasteiger partial charge on any atom is 0.310 e. The number of esters is 1. The molecule has 26 heavy (non-hydrogen) atoms. The maximum absolute atomic E-state index is 14.0. The molecule has 0 aliphatic heterocycles. The summed E-state index contributed by atoms with van der Waals surface area (Å²) in [6.07, 6.45) is 1.27. The molecule has 0 radical (unpaired) electrons. The number of methoxy groups -OCH3 is 1. The van der Waals surface area contributed by atoms with Crippen molar-refractivity contribution in [3.63, 3.8) is 0 Å². The number of allylic oxidation sites excluding steroid dienone is 2. The third kappa shape index (κ3) is 3.60. The number of hydrogen-bond donors (Lipinski definition) is 0. The van der Waals surface area contributed by atoms with Gasteiger partial charge in [-0.25, -0.2) is 22.0 Å². The van der Waals surface area contributed by atoms with E-state index in [9.17, 15) is 26.7 Å². The Bertz CT molecular complexity index is 725. The summed E-state index contributed by atoms with van der Waals surface area (Å²) in [6.45, 7) is 3.02. The first-order chi connectivity index (χ1) is 12.0. The van der Waals surface area contributed by atoms with Gasteiger partial charge in [-0.3, -0.25) is 4.79 Å². The number of carbonyl (C=O) groups excluding carboxylic acids is 1. The topological polar surface area (TPSA) is 35.5 Å². The molecule has 0 spiro atoms. The van der Waals surface area contributed by atoms with Crippen LogP contribution in [0.4, 0.5) is 22.0 Å². The standard InChI is InChI=1S/C18H19F5O3/c1-8(19)5-11-12(18(11,2)3)17(24)26-7-10-15(22)13(20)9(6-25-4)14(21)16(10)23/h5,11-12H,6-7H2,1-4H3/t11-,12+/m1/s1. The molecule has 0 saturated heterocycles. The molecule has 1 aliphatic rings. The Morgan fingerprint density at radius 1 is 1.04 bits per heavy atom. The molecule has 0 N–H and O–H groups in total. The van der Waals surface area contributed by atoms with E-state index in [0.717, 1.165) is 7.11 Å². The van der Waals surface area contributed by atoms with Gasteiger partial charge in [0.1, 0.15) is 6.61 Å². The zero-order valence-electron chi connectivity index (χ0n) is 14.8.